The Labute approximate surface area is 208 Å². The lowest BCUT2D eigenvalue weighted by Crippen LogP contribution is -2.41. The third-order valence-corrected chi connectivity index (χ3v) is 5.70. The first-order valence-electron chi connectivity index (χ1n) is 11.9. The molecule has 0 saturated carbocycles. The number of unbranched alkanes of at least 4 members (excludes halogenated alkanes) is 1. The number of rotatable bonds is 13. The van der Waals surface area contributed by atoms with E-state index in [0.29, 0.717) is 25.9 Å². The van der Waals surface area contributed by atoms with Gasteiger partial charge in [-0.15, -0.1) is 0 Å². The van der Waals surface area contributed by atoms with Gasteiger partial charge in [-0.25, -0.2) is 4.79 Å². The van der Waals surface area contributed by atoms with Gasteiger partial charge in [0.2, 0.25) is 0 Å². The smallest absolute Gasteiger partial charge is 0.330 e. The molecule has 3 aromatic rings. The summed E-state index contributed by atoms with van der Waals surface area (Å²) in [6, 6.07) is 29.6. The van der Waals surface area contributed by atoms with Crippen LogP contribution in [-0.2, 0) is 38.8 Å². The van der Waals surface area contributed by atoms with Gasteiger partial charge in [0.25, 0.3) is 0 Å². The lowest BCUT2D eigenvalue weighted by molar-refractivity contribution is -0.152. The highest BCUT2D eigenvalue weighted by molar-refractivity contribution is 5.81. The highest BCUT2D eigenvalue weighted by atomic mass is 16.5. The summed E-state index contributed by atoms with van der Waals surface area (Å²) >= 11 is 0. The molecule has 0 aromatic heterocycles. The number of carbonyl (C=O) groups is 2. The molecule has 0 N–H and O–H groups in total. The van der Waals surface area contributed by atoms with Crippen molar-refractivity contribution in [3.63, 3.8) is 0 Å². The molecule has 1 atom stereocenters. The summed E-state index contributed by atoms with van der Waals surface area (Å²) in [6.07, 6.45) is 5.23. The van der Waals surface area contributed by atoms with Gasteiger partial charge < -0.3 is 9.47 Å². The van der Waals surface area contributed by atoms with Gasteiger partial charge in [-0.05, 0) is 36.0 Å². The number of ether oxygens (including phenoxy) is 2. The van der Waals surface area contributed by atoms with E-state index >= 15 is 0 Å². The number of nitrogens with zero attached hydrogens (tertiary/aromatic N) is 1. The van der Waals surface area contributed by atoms with Crippen molar-refractivity contribution in [2.24, 2.45) is 0 Å². The van der Waals surface area contributed by atoms with Crippen LogP contribution in [0.25, 0.3) is 0 Å². The minimum Gasteiger partial charge on any atom is -0.466 e. The first-order valence-corrected chi connectivity index (χ1v) is 11.9. The minimum atomic E-state index is -0.425. The Bertz CT molecular complexity index is 1010. The summed E-state index contributed by atoms with van der Waals surface area (Å²) in [7, 11) is 1.36. The number of benzene rings is 3. The topological polar surface area (TPSA) is 55.8 Å². The van der Waals surface area contributed by atoms with Crippen LogP contribution in [0, 0.1) is 0 Å². The van der Waals surface area contributed by atoms with Crippen molar-refractivity contribution in [2.45, 2.75) is 45.0 Å². The van der Waals surface area contributed by atoms with E-state index in [1.165, 1.54) is 13.2 Å². The van der Waals surface area contributed by atoms with Crippen LogP contribution in [0.5, 0.6) is 0 Å². The summed E-state index contributed by atoms with van der Waals surface area (Å²) < 4.78 is 10.4. The first kappa shape index (κ1) is 25.9. The van der Waals surface area contributed by atoms with Gasteiger partial charge in [0.15, 0.2) is 0 Å². The Kier molecular flexibility index (Phi) is 10.8. The van der Waals surface area contributed by atoms with E-state index in [0.717, 1.165) is 23.1 Å². The molecule has 5 nitrogen and oxygen atoms in total. The molecule has 0 spiro atoms. The van der Waals surface area contributed by atoms with E-state index in [-0.39, 0.29) is 18.5 Å². The third kappa shape index (κ3) is 9.22. The lowest BCUT2D eigenvalue weighted by atomic mass is 10.0. The second-order valence-corrected chi connectivity index (χ2v) is 8.34. The SMILES string of the molecule is COC(=O)/C=C/CCC[C@@H](C(=O)OCc1ccccc1)N(Cc1ccccc1)Cc1ccccc1. The normalized spacial score (nSPS) is 11.9. The lowest BCUT2D eigenvalue weighted by Gasteiger charge is -2.30. The second-order valence-electron chi connectivity index (χ2n) is 8.34. The highest BCUT2D eigenvalue weighted by Gasteiger charge is 2.27. The van der Waals surface area contributed by atoms with Crippen LogP contribution in [0.1, 0.15) is 36.0 Å². The summed E-state index contributed by atoms with van der Waals surface area (Å²) in [6.45, 7) is 1.49. The predicted molar refractivity (Wildman–Crippen MR) is 137 cm³/mol. The van der Waals surface area contributed by atoms with Gasteiger partial charge in [-0.2, -0.15) is 0 Å². The molecule has 3 aromatic carbocycles. The summed E-state index contributed by atoms with van der Waals surface area (Å²) in [5.41, 5.74) is 3.23. The predicted octanol–water partition coefficient (Wildman–Crippen LogP) is 5.70. The van der Waals surface area contributed by atoms with Crippen molar-refractivity contribution < 1.29 is 19.1 Å². The zero-order chi connectivity index (χ0) is 24.7. The number of carbonyl (C=O) groups excluding carboxylic acids is 2. The Morgan fingerprint density at radius 3 is 1.83 bits per heavy atom. The molecule has 0 bridgehead atoms. The second kappa shape index (κ2) is 14.5. The zero-order valence-corrected chi connectivity index (χ0v) is 20.2. The molecule has 0 aliphatic rings. The molecule has 0 radical (unpaired) electrons. The standard InChI is InChI=1S/C30H33NO4/c1-34-29(32)21-13-5-12-20-28(30(33)35-24-27-18-10-4-11-19-27)31(22-25-14-6-2-7-15-25)23-26-16-8-3-9-17-26/h2-4,6-11,13-19,21,28H,5,12,20,22-24H2,1H3/b21-13+/t28-/m0/s1. The number of hydrogen-bond donors (Lipinski definition) is 0. The summed E-state index contributed by atoms with van der Waals surface area (Å²) in [5.74, 6) is -0.615. The number of allylic oxidation sites excluding steroid dienone is 1. The molecule has 182 valence electrons. The van der Waals surface area contributed by atoms with Gasteiger partial charge >= 0.3 is 11.9 Å². The molecule has 0 heterocycles. The summed E-state index contributed by atoms with van der Waals surface area (Å²) in [5, 5.41) is 0. The average molecular weight is 472 g/mol. The van der Waals surface area contributed by atoms with Crippen LogP contribution >= 0.6 is 0 Å². The molecule has 5 heteroatoms. The molecule has 0 fully saturated rings. The fourth-order valence-corrected chi connectivity index (χ4v) is 3.86. The maximum atomic E-state index is 13.4. The minimum absolute atomic E-state index is 0.238. The van der Waals surface area contributed by atoms with Gasteiger partial charge in [-0.3, -0.25) is 9.69 Å². The molecule has 0 amide bonds. The average Bonchev–Trinajstić information content (AvgIpc) is 2.90. The molecule has 0 aliphatic carbocycles. The van der Waals surface area contributed by atoms with Gasteiger partial charge in [0, 0.05) is 19.2 Å². The molecular formula is C30H33NO4. The van der Waals surface area contributed by atoms with Gasteiger partial charge in [0.1, 0.15) is 12.6 Å². The molecule has 35 heavy (non-hydrogen) atoms. The number of hydrogen-bond acceptors (Lipinski definition) is 5. The first-order chi connectivity index (χ1) is 17.2. The van der Waals surface area contributed by atoms with Crippen LogP contribution in [-0.4, -0.2) is 30.0 Å². The monoisotopic (exact) mass is 471 g/mol. The molecular weight excluding hydrogens is 438 g/mol. The summed E-state index contributed by atoms with van der Waals surface area (Å²) in [4.78, 5) is 26.9. The highest BCUT2D eigenvalue weighted by Crippen LogP contribution is 2.19. The van der Waals surface area contributed by atoms with E-state index in [1.807, 2.05) is 66.7 Å². The van der Waals surface area contributed by atoms with E-state index < -0.39 is 6.04 Å². The van der Waals surface area contributed by atoms with Crippen LogP contribution in [0.2, 0.25) is 0 Å². The van der Waals surface area contributed by atoms with Crippen molar-refractivity contribution >= 4 is 11.9 Å². The Hall–Kier alpha value is -3.70. The molecule has 0 saturated heterocycles. The number of esters is 2. The van der Waals surface area contributed by atoms with Crippen LogP contribution in [0.15, 0.2) is 103 Å². The fraction of sp³-hybridized carbons (Fsp3) is 0.267. The van der Waals surface area contributed by atoms with Crippen molar-refractivity contribution in [1.29, 1.82) is 0 Å². The Morgan fingerprint density at radius 1 is 0.800 bits per heavy atom. The Balaban J connectivity index is 1.77. The van der Waals surface area contributed by atoms with Crippen molar-refractivity contribution in [3.8, 4) is 0 Å². The quantitative estimate of drug-likeness (QED) is 0.182. The van der Waals surface area contributed by atoms with Crippen LogP contribution < -0.4 is 0 Å². The molecule has 0 unspecified atom stereocenters. The molecule has 3 rings (SSSR count). The van der Waals surface area contributed by atoms with E-state index in [1.54, 1.807) is 6.08 Å². The van der Waals surface area contributed by atoms with Crippen LogP contribution in [0.4, 0.5) is 0 Å². The third-order valence-electron chi connectivity index (χ3n) is 5.70. The Morgan fingerprint density at radius 2 is 1.31 bits per heavy atom. The largest absolute Gasteiger partial charge is 0.466 e. The van der Waals surface area contributed by atoms with Crippen molar-refractivity contribution in [3.05, 3.63) is 120 Å². The van der Waals surface area contributed by atoms with Gasteiger partial charge in [-0.1, -0.05) is 97.1 Å². The molecule has 0 aliphatic heterocycles. The zero-order valence-electron chi connectivity index (χ0n) is 20.2. The van der Waals surface area contributed by atoms with E-state index in [2.05, 4.69) is 33.9 Å². The maximum Gasteiger partial charge on any atom is 0.330 e. The van der Waals surface area contributed by atoms with Crippen molar-refractivity contribution in [2.75, 3.05) is 7.11 Å². The maximum absolute atomic E-state index is 13.4. The van der Waals surface area contributed by atoms with E-state index in [9.17, 15) is 9.59 Å². The fourth-order valence-electron chi connectivity index (χ4n) is 3.86. The van der Waals surface area contributed by atoms with Gasteiger partial charge in [0.05, 0.1) is 7.11 Å². The number of methoxy groups -OCH3 is 1. The van der Waals surface area contributed by atoms with E-state index in [4.69, 9.17) is 4.74 Å². The van der Waals surface area contributed by atoms with Crippen LogP contribution in [0.3, 0.4) is 0 Å². The van der Waals surface area contributed by atoms with Crippen molar-refractivity contribution in [1.82, 2.24) is 4.90 Å².